The summed E-state index contributed by atoms with van der Waals surface area (Å²) in [6, 6.07) is 6.64. The van der Waals surface area contributed by atoms with E-state index < -0.39 is 0 Å². The molecule has 0 radical (unpaired) electrons. The predicted molar refractivity (Wildman–Crippen MR) is 87.5 cm³/mol. The second-order valence-corrected chi connectivity index (χ2v) is 5.86. The van der Waals surface area contributed by atoms with Crippen molar-refractivity contribution in [2.24, 2.45) is 0 Å². The Labute approximate surface area is 134 Å². The van der Waals surface area contributed by atoms with Gasteiger partial charge in [0, 0.05) is 31.5 Å². The normalized spacial score (nSPS) is 13.6. The van der Waals surface area contributed by atoms with Gasteiger partial charge in [-0.05, 0) is 37.0 Å². The lowest BCUT2D eigenvalue weighted by Gasteiger charge is -2.01. The Morgan fingerprint density at radius 2 is 2.35 bits per heavy atom. The van der Waals surface area contributed by atoms with E-state index in [-0.39, 0.29) is 0 Å². The van der Waals surface area contributed by atoms with Gasteiger partial charge in [-0.15, -0.1) is 0 Å². The van der Waals surface area contributed by atoms with E-state index in [2.05, 4.69) is 32.2 Å². The molecule has 1 aromatic carbocycles. The Bertz CT molecular complexity index is 821. The van der Waals surface area contributed by atoms with Crippen LogP contribution in [0.2, 0.25) is 0 Å². The third-order valence-electron chi connectivity index (χ3n) is 4.30. The second kappa shape index (κ2) is 6.04. The second-order valence-electron chi connectivity index (χ2n) is 5.86. The number of aryl methyl sites for hydroxylation is 1. The highest BCUT2D eigenvalue weighted by Gasteiger charge is 2.16. The van der Waals surface area contributed by atoms with Crippen molar-refractivity contribution in [2.75, 3.05) is 19.0 Å². The number of methoxy groups -OCH3 is 1. The zero-order valence-corrected chi connectivity index (χ0v) is 13.2. The van der Waals surface area contributed by atoms with Crippen LogP contribution in [0.5, 0.6) is 0 Å². The van der Waals surface area contributed by atoms with E-state index in [1.54, 1.807) is 7.11 Å². The molecule has 0 bridgehead atoms. The molecule has 6 heteroatoms. The molecule has 0 fully saturated rings. The molecular weight excluding hydrogens is 292 g/mol. The average molecular weight is 312 g/mol. The van der Waals surface area contributed by atoms with Crippen LogP contribution in [0.4, 0.5) is 6.01 Å². The number of nitrogens with zero attached hydrogens (tertiary/aromatic N) is 3. The van der Waals surface area contributed by atoms with Gasteiger partial charge in [-0.1, -0.05) is 6.07 Å². The van der Waals surface area contributed by atoms with Gasteiger partial charge in [0.1, 0.15) is 5.52 Å². The van der Waals surface area contributed by atoms with Crippen LogP contribution < -0.4 is 5.32 Å². The van der Waals surface area contributed by atoms with Gasteiger partial charge in [0.2, 0.25) is 0 Å². The first-order valence-electron chi connectivity index (χ1n) is 7.99. The summed E-state index contributed by atoms with van der Waals surface area (Å²) in [5.74, 6) is 0. The van der Waals surface area contributed by atoms with Gasteiger partial charge < -0.3 is 14.5 Å². The van der Waals surface area contributed by atoms with E-state index in [1.807, 2.05) is 12.3 Å². The summed E-state index contributed by atoms with van der Waals surface area (Å²) < 4.78 is 13.0. The molecule has 0 unspecified atom stereocenters. The molecule has 0 aliphatic carbocycles. The molecule has 4 rings (SSSR count). The number of hydrogen-bond donors (Lipinski definition) is 1. The van der Waals surface area contributed by atoms with Crippen LogP contribution in [0.3, 0.4) is 0 Å². The van der Waals surface area contributed by atoms with Gasteiger partial charge >= 0.3 is 0 Å². The van der Waals surface area contributed by atoms with Crippen molar-refractivity contribution in [3.63, 3.8) is 0 Å². The van der Waals surface area contributed by atoms with Crippen molar-refractivity contribution in [3.05, 3.63) is 41.2 Å². The van der Waals surface area contributed by atoms with E-state index in [9.17, 15) is 0 Å². The standard InChI is InChI=1S/C17H20N4O2/c1-22-8-6-12-4-5-16-14(9-12)20-17(23-16)18-10-13-11-19-21-7-2-3-15(13)21/h4-5,9,11H,2-3,6-8,10H2,1H3,(H,18,20). The van der Waals surface area contributed by atoms with Gasteiger partial charge in [0.05, 0.1) is 12.8 Å². The van der Waals surface area contributed by atoms with E-state index in [1.165, 1.54) is 23.2 Å². The van der Waals surface area contributed by atoms with Crippen LogP contribution in [0.15, 0.2) is 28.8 Å². The van der Waals surface area contributed by atoms with Gasteiger partial charge in [-0.25, -0.2) is 0 Å². The zero-order chi connectivity index (χ0) is 15.6. The average Bonchev–Trinajstić information content (AvgIpc) is 3.25. The summed E-state index contributed by atoms with van der Waals surface area (Å²) in [7, 11) is 1.71. The number of ether oxygens (including phenoxy) is 1. The maximum absolute atomic E-state index is 5.76. The molecule has 3 aromatic rings. The predicted octanol–water partition coefficient (Wildman–Crippen LogP) is 2.77. The SMILES string of the molecule is COCCc1ccc2oc(NCc3cnn4c3CCC4)nc2c1. The van der Waals surface area contributed by atoms with Crippen LogP contribution in [0.25, 0.3) is 11.1 Å². The minimum atomic E-state index is 0.557. The minimum absolute atomic E-state index is 0.557. The van der Waals surface area contributed by atoms with Gasteiger partial charge in [-0.2, -0.15) is 10.1 Å². The topological polar surface area (TPSA) is 65.1 Å². The lowest BCUT2D eigenvalue weighted by molar-refractivity contribution is 0.202. The largest absolute Gasteiger partial charge is 0.424 e. The van der Waals surface area contributed by atoms with E-state index in [0.717, 1.165) is 30.5 Å². The first-order chi connectivity index (χ1) is 11.3. The Morgan fingerprint density at radius 3 is 3.26 bits per heavy atom. The Hall–Kier alpha value is -2.34. The molecule has 0 atom stereocenters. The fourth-order valence-corrected chi connectivity index (χ4v) is 3.07. The van der Waals surface area contributed by atoms with Crippen molar-refractivity contribution >= 4 is 17.1 Å². The molecule has 0 saturated heterocycles. The summed E-state index contributed by atoms with van der Waals surface area (Å²) in [6.07, 6.45) is 5.11. The van der Waals surface area contributed by atoms with Crippen LogP contribution >= 0.6 is 0 Å². The summed E-state index contributed by atoms with van der Waals surface area (Å²) in [5, 5.41) is 7.68. The Morgan fingerprint density at radius 1 is 1.39 bits per heavy atom. The minimum Gasteiger partial charge on any atom is -0.424 e. The maximum atomic E-state index is 5.76. The van der Waals surface area contributed by atoms with Gasteiger partial charge in [0.15, 0.2) is 5.58 Å². The van der Waals surface area contributed by atoms with Crippen LogP contribution in [-0.4, -0.2) is 28.5 Å². The van der Waals surface area contributed by atoms with Crippen LogP contribution in [0, 0.1) is 0 Å². The van der Waals surface area contributed by atoms with Crippen molar-refractivity contribution < 1.29 is 9.15 Å². The molecule has 0 amide bonds. The summed E-state index contributed by atoms with van der Waals surface area (Å²) in [4.78, 5) is 4.53. The number of anilines is 1. The quantitative estimate of drug-likeness (QED) is 0.758. The number of rotatable bonds is 6. The first-order valence-corrected chi connectivity index (χ1v) is 7.99. The third-order valence-corrected chi connectivity index (χ3v) is 4.30. The summed E-state index contributed by atoms with van der Waals surface area (Å²) >= 11 is 0. The number of oxazole rings is 1. The van der Waals surface area contributed by atoms with Crippen LogP contribution in [0.1, 0.15) is 23.2 Å². The highest BCUT2D eigenvalue weighted by Crippen LogP contribution is 2.22. The highest BCUT2D eigenvalue weighted by molar-refractivity contribution is 5.75. The van der Waals surface area contributed by atoms with Crippen molar-refractivity contribution in [2.45, 2.75) is 32.4 Å². The fraction of sp³-hybridized carbons (Fsp3) is 0.412. The van der Waals surface area contributed by atoms with Crippen molar-refractivity contribution in [3.8, 4) is 0 Å². The third kappa shape index (κ3) is 2.82. The number of aromatic nitrogens is 3. The molecule has 23 heavy (non-hydrogen) atoms. The smallest absolute Gasteiger partial charge is 0.295 e. The number of fused-ring (bicyclic) bond motifs is 2. The lowest BCUT2D eigenvalue weighted by atomic mass is 10.1. The van der Waals surface area contributed by atoms with Crippen LogP contribution in [-0.2, 0) is 30.7 Å². The number of nitrogens with one attached hydrogen (secondary N) is 1. The number of hydrogen-bond acceptors (Lipinski definition) is 5. The Balaban J connectivity index is 1.48. The monoisotopic (exact) mass is 312 g/mol. The van der Waals surface area contributed by atoms with Gasteiger partial charge in [0.25, 0.3) is 6.01 Å². The van der Waals surface area contributed by atoms with E-state index in [4.69, 9.17) is 9.15 Å². The highest BCUT2D eigenvalue weighted by atomic mass is 16.5. The molecule has 2 aromatic heterocycles. The molecule has 3 heterocycles. The molecule has 6 nitrogen and oxygen atoms in total. The van der Waals surface area contributed by atoms with Crippen molar-refractivity contribution in [1.82, 2.24) is 14.8 Å². The molecule has 1 N–H and O–H groups in total. The number of benzene rings is 1. The molecule has 1 aliphatic rings. The maximum Gasteiger partial charge on any atom is 0.295 e. The zero-order valence-electron chi connectivity index (χ0n) is 13.2. The molecule has 0 saturated carbocycles. The van der Waals surface area contributed by atoms with Gasteiger partial charge in [-0.3, -0.25) is 4.68 Å². The molecule has 120 valence electrons. The van der Waals surface area contributed by atoms with E-state index >= 15 is 0 Å². The fourth-order valence-electron chi connectivity index (χ4n) is 3.07. The molecule has 0 spiro atoms. The molecule has 1 aliphatic heterocycles. The lowest BCUT2D eigenvalue weighted by Crippen LogP contribution is -2.01. The summed E-state index contributed by atoms with van der Waals surface area (Å²) in [6.45, 7) is 2.43. The summed E-state index contributed by atoms with van der Waals surface area (Å²) in [5.41, 5.74) is 5.44. The van der Waals surface area contributed by atoms with Crippen molar-refractivity contribution in [1.29, 1.82) is 0 Å². The first kappa shape index (κ1) is 14.3. The Kier molecular flexibility index (Phi) is 3.75. The molecular formula is C17H20N4O2. The van der Waals surface area contributed by atoms with E-state index in [0.29, 0.717) is 19.2 Å².